The van der Waals surface area contributed by atoms with E-state index in [1.807, 2.05) is 49.6 Å². The lowest BCUT2D eigenvalue weighted by Gasteiger charge is -2.08. The third kappa shape index (κ3) is 3.82. The highest BCUT2D eigenvalue weighted by molar-refractivity contribution is 5.91. The Labute approximate surface area is 167 Å². The molecule has 0 aliphatic carbocycles. The van der Waals surface area contributed by atoms with Crippen LogP contribution in [-0.4, -0.2) is 46.7 Å². The molecule has 0 atom stereocenters. The summed E-state index contributed by atoms with van der Waals surface area (Å²) in [5, 5.41) is 27.4. The first-order valence-corrected chi connectivity index (χ1v) is 9.50. The zero-order valence-corrected chi connectivity index (χ0v) is 16.5. The summed E-state index contributed by atoms with van der Waals surface area (Å²) in [5.74, 6) is 1.18. The van der Waals surface area contributed by atoms with Crippen molar-refractivity contribution < 1.29 is 4.79 Å². The molecule has 0 fully saturated rings. The number of fused-ring (bicyclic) bond motifs is 1. The Kier molecular flexibility index (Phi) is 4.98. The lowest BCUT2D eigenvalue weighted by Crippen LogP contribution is -2.33. The number of carbonyl (C=O) groups excluding carboxylic acids is 1. The molecule has 3 aromatic heterocycles. The SMILES string of the molecule is CCn1c(Nc2cnn(CC(=O)NC(C)C)c2)nnc1-c1n[nH]c2ccccc12. The molecule has 150 valence electrons. The zero-order valence-electron chi connectivity index (χ0n) is 16.5. The smallest absolute Gasteiger partial charge is 0.241 e. The van der Waals surface area contributed by atoms with Gasteiger partial charge in [0.15, 0.2) is 5.82 Å². The molecule has 4 rings (SSSR count). The molecule has 10 heteroatoms. The van der Waals surface area contributed by atoms with Crippen molar-refractivity contribution in [2.45, 2.75) is 39.9 Å². The normalized spacial score (nSPS) is 11.3. The van der Waals surface area contributed by atoms with E-state index in [4.69, 9.17) is 0 Å². The summed E-state index contributed by atoms with van der Waals surface area (Å²) >= 11 is 0. The molecular formula is C19H23N9O. The van der Waals surface area contributed by atoms with Crippen LogP contribution in [0.25, 0.3) is 22.4 Å². The minimum absolute atomic E-state index is 0.0842. The van der Waals surface area contributed by atoms with Gasteiger partial charge < -0.3 is 10.6 Å². The van der Waals surface area contributed by atoms with Crippen molar-refractivity contribution in [1.82, 2.24) is 40.1 Å². The molecule has 1 amide bonds. The second-order valence-electron chi connectivity index (χ2n) is 6.98. The van der Waals surface area contributed by atoms with E-state index in [2.05, 4.69) is 36.1 Å². The number of hydrogen-bond donors (Lipinski definition) is 3. The quantitative estimate of drug-likeness (QED) is 0.443. The number of H-pyrrole nitrogens is 1. The van der Waals surface area contributed by atoms with Crippen LogP contribution in [0.2, 0.25) is 0 Å². The Morgan fingerprint density at radius 2 is 2.07 bits per heavy atom. The van der Waals surface area contributed by atoms with E-state index in [9.17, 15) is 4.79 Å². The van der Waals surface area contributed by atoms with Gasteiger partial charge in [0.1, 0.15) is 12.2 Å². The summed E-state index contributed by atoms with van der Waals surface area (Å²) in [4.78, 5) is 11.9. The van der Waals surface area contributed by atoms with Crippen molar-refractivity contribution in [3.8, 4) is 11.5 Å². The Morgan fingerprint density at radius 3 is 2.86 bits per heavy atom. The van der Waals surface area contributed by atoms with E-state index in [0.717, 1.165) is 22.3 Å². The minimum atomic E-state index is -0.0842. The van der Waals surface area contributed by atoms with Gasteiger partial charge >= 0.3 is 0 Å². The van der Waals surface area contributed by atoms with Gasteiger partial charge in [-0.3, -0.25) is 19.1 Å². The van der Waals surface area contributed by atoms with Crippen LogP contribution < -0.4 is 10.6 Å². The van der Waals surface area contributed by atoms with Crippen molar-refractivity contribution in [2.75, 3.05) is 5.32 Å². The predicted octanol–water partition coefficient (Wildman–Crippen LogP) is 2.31. The average Bonchev–Trinajstić information content (AvgIpc) is 3.39. The van der Waals surface area contributed by atoms with Crippen LogP contribution in [0.1, 0.15) is 20.8 Å². The summed E-state index contributed by atoms with van der Waals surface area (Å²) < 4.78 is 3.53. The molecule has 0 radical (unpaired) electrons. The van der Waals surface area contributed by atoms with Crippen molar-refractivity contribution in [3.63, 3.8) is 0 Å². The summed E-state index contributed by atoms with van der Waals surface area (Å²) in [5.41, 5.74) is 2.43. The van der Waals surface area contributed by atoms with Gasteiger partial charge in [-0.15, -0.1) is 10.2 Å². The first-order chi connectivity index (χ1) is 14.0. The van der Waals surface area contributed by atoms with Gasteiger partial charge in [-0.05, 0) is 26.8 Å². The van der Waals surface area contributed by atoms with Crippen LogP contribution >= 0.6 is 0 Å². The molecule has 0 spiro atoms. The fraction of sp³-hybridized carbons (Fsp3) is 0.316. The highest BCUT2D eigenvalue weighted by Gasteiger charge is 2.18. The van der Waals surface area contributed by atoms with Crippen LogP contribution in [0.5, 0.6) is 0 Å². The zero-order chi connectivity index (χ0) is 20.4. The predicted molar refractivity (Wildman–Crippen MR) is 110 cm³/mol. The fourth-order valence-electron chi connectivity index (χ4n) is 3.16. The molecule has 0 bridgehead atoms. The maximum absolute atomic E-state index is 11.9. The van der Waals surface area contributed by atoms with Crippen LogP contribution in [0.3, 0.4) is 0 Å². The van der Waals surface area contributed by atoms with E-state index >= 15 is 0 Å². The lowest BCUT2D eigenvalue weighted by molar-refractivity contribution is -0.122. The molecule has 4 aromatic rings. The molecule has 1 aromatic carbocycles. The number of aromatic nitrogens is 7. The van der Waals surface area contributed by atoms with E-state index in [1.165, 1.54) is 0 Å². The number of aromatic amines is 1. The number of nitrogens with one attached hydrogen (secondary N) is 3. The van der Waals surface area contributed by atoms with E-state index in [0.29, 0.717) is 18.3 Å². The van der Waals surface area contributed by atoms with Gasteiger partial charge in [0.05, 0.1) is 17.4 Å². The highest BCUT2D eigenvalue weighted by atomic mass is 16.2. The van der Waals surface area contributed by atoms with Crippen LogP contribution in [0.4, 0.5) is 11.6 Å². The standard InChI is InChI=1S/C19H23N9O/c1-4-28-18(17-14-7-5-6-8-15(14)23-24-17)25-26-19(28)22-13-9-20-27(10-13)11-16(29)21-12(2)3/h5-10,12H,4,11H2,1-3H3,(H,21,29)(H,22,26)(H,23,24). The molecule has 0 unspecified atom stereocenters. The summed E-state index contributed by atoms with van der Waals surface area (Å²) in [7, 11) is 0. The minimum Gasteiger partial charge on any atom is -0.352 e. The van der Waals surface area contributed by atoms with Crippen molar-refractivity contribution in [2.24, 2.45) is 0 Å². The second kappa shape index (κ2) is 7.74. The molecule has 10 nitrogen and oxygen atoms in total. The largest absolute Gasteiger partial charge is 0.352 e. The highest BCUT2D eigenvalue weighted by Crippen LogP contribution is 2.27. The van der Waals surface area contributed by atoms with E-state index in [-0.39, 0.29) is 18.5 Å². The number of rotatable bonds is 7. The van der Waals surface area contributed by atoms with Gasteiger partial charge in [0, 0.05) is 24.2 Å². The van der Waals surface area contributed by atoms with Gasteiger partial charge in [-0.25, -0.2) is 0 Å². The monoisotopic (exact) mass is 393 g/mol. The van der Waals surface area contributed by atoms with E-state index in [1.54, 1.807) is 17.1 Å². The summed E-state index contributed by atoms with van der Waals surface area (Å²) in [6.45, 7) is 6.69. The fourth-order valence-corrected chi connectivity index (χ4v) is 3.16. The number of hydrogen-bond acceptors (Lipinski definition) is 6. The average molecular weight is 393 g/mol. The number of benzene rings is 1. The summed E-state index contributed by atoms with van der Waals surface area (Å²) in [6, 6.07) is 8.00. The molecule has 3 N–H and O–H groups in total. The third-order valence-corrected chi connectivity index (χ3v) is 4.39. The maximum atomic E-state index is 11.9. The van der Waals surface area contributed by atoms with Gasteiger partial charge in [-0.2, -0.15) is 10.2 Å². The van der Waals surface area contributed by atoms with Gasteiger partial charge in [0.2, 0.25) is 11.9 Å². The second-order valence-corrected chi connectivity index (χ2v) is 6.98. The van der Waals surface area contributed by atoms with E-state index < -0.39 is 0 Å². The maximum Gasteiger partial charge on any atom is 0.241 e. The van der Waals surface area contributed by atoms with Crippen molar-refractivity contribution in [1.29, 1.82) is 0 Å². The molecule has 0 aliphatic heterocycles. The number of carbonyl (C=O) groups is 1. The molecule has 0 saturated heterocycles. The van der Waals surface area contributed by atoms with Gasteiger partial charge in [-0.1, -0.05) is 18.2 Å². The molecule has 0 saturated carbocycles. The number of nitrogens with zero attached hydrogens (tertiary/aromatic N) is 6. The molecule has 3 heterocycles. The number of para-hydroxylation sites is 1. The topological polar surface area (TPSA) is 118 Å². The number of anilines is 2. The molecule has 0 aliphatic rings. The lowest BCUT2D eigenvalue weighted by atomic mass is 10.2. The molecule has 29 heavy (non-hydrogen) atoms. The van der Waals surface area contributed by atoms with Crippen molar-refractivity contribution in [3.05, 3.63) is 36.7 Å². The van der Waals surface area contributed by atoms with Crippen molar-refractivity contribution >= 4 is 28.4 Å². The van der Waals surface area contributed by atoms with Crippen LogP contribution in [0.15, 0.2) is 36.7 Å². The Hall–Kier alpha value is -3.69. The number of amides is 1. The first kappa shape index (κ1) is 18.7. The van der Waals surface area contributed by atoms with Crippen LogP contribution in [-0.2, 0) is 17.9 Å². The summed E-state index contributed by atoms with van der Waals surface area (Å²) in [6.07, 6.45) is 3.42. The Balaban J connectivity index is 1.56. The molecular weight excluding hydrogens is 370 g/mol. The van der Waals surface area contributed by atoms with Crippen LogP contribution in [0, 0.1) is 0 Å². The Bertz CT molecular complexity index is 1140. The van der Waals surface area contributed by atoms with Gasteiger partial charge in [0.25, 0.3) is 0 Å². The Morgan fingerprint density at radius 1 is 1.24 bits per heavy atom. The third-order valence-electron chi connectivity index (χ3n) is 4.39. The first-order valence-electron chi connectivity index (χ1n) is 9.50.